The fourth-order valence-electron chi connectivity index (χ4n) is 3.67. The van der Waals surface area contributed by atoms with Crippen LogP contribution in [0.25, 0.3) is 0 Å². The number of aryl methyl sites for hydroxylation is 1. The molecular weight excluding hydrogens is 248 g/mol. The van der Waals surface area contributed by atoms with Crippen molar-refractivity contribution in [1.82, 2.24) is 0 Å². The molecule has 1 aromatic carbocycles. The maximum absolute atomic E-state index is 13.0. The summed E-state index contributed by atoms with van der Waals surface area (Å²) in [7, 11) is 0. The predicted molar refractivity (Wildman–Crippen MR) is 82.7 cm³/mol. The summed E-state index contributed by atoms with van der Waals surface area (Å²) in [6, 6.07) is 5.99. The summed E-state index contributed by atoms with van der Waals surface area (Å²) in [6.45, 7) is 2.99. The Balaban J connectivity index is 1.91. The van der Waals surface area contributed by atoms with Gasteiger partial charge < -0.3 is 10.6 Å². The third kappa shape index (κ3) is 2.30. The molecule has 1 amide bonds. The van der Waals surface area contributed by atoms with Crippen molar-refractivity contribution >= 4 is 17.3 Å². The van der Waals surface area contributed by atoms with E-state index in [0.29, 0.717) is 5.91 Å². The van der Waals surface area contributed by atoms with E-state index in [1.54, 1.807) is 0 Å². The van der Waals surface area contributed by atoms with Crippen molar-refractivity contribution in [2.24, 2.45) is 5.41 Å². The Bertz CT molecular complexity index is 518. The molecule has 0 unspecified atom stereocenters. The van der Waals surface area contributed by atoms with Crippen LogP contribution in [0.15, 0.2) is 18.2 Å². The topological polar surface area (TPSA) is 46.3 Å². The average molecular weight is 272 g/mol. The van der Waals surface area contributed by atoms with Gasteiger partial charge in [-0.1, -0.05) is 32.3 Å². The summed E-state index contributed by atoms with van der Waals surface area (Å²) in [5, 5.41) is 0. The van der Waals surface area contributed by atoms with E-state index < -0.39 is 0 Å². The van der Waals surface area contributed by atoms with Crippen molar-refractivity contribution in [2.75, 3.05) is 17.2 Å². The van der Waals surface area contributed by atoms with Gasteiger partial charge in [0.25, 0.3) is 0 Å². The highest BCUT2D eigenvalue weighted by molar-refractivity contribution is 5.98. The van der Waals surface area contributed by atoms with E-state index in [-0.39, 0.29) is 5.41 Å². The number of carbonyl (C=O) groups is 1. The lowest BCUT2D eigenvalue weighted by Gasteiger charge is -2.39. The molecule has 0 radical (unpaired) electrons. The van der Waals surface area contributed by atoms with E-state index in [1.807, 2.05) is 17.0 Å². The van der Waals surface area contributed by atoms with E-state index in [2.05, 4.69) is 13.0 Å². The second-order valence-electron chi connectivity index (χ2n) is 6.57. The van der Waals surface area contributed by atoms with Gasteiger partial charge in [-0.3, -0.25) is 4.79 Å². The van der Waals surface area contributed by atoms with Crippen molar-refractivity contribution in [3.05, 3.63) is 23.8 Å². The Hall–Kier alpha value is -1.51. The normalized spacial score (nSPS) is 21.4. The van der Waals surface area contributed by atoms with Crippen LogP contribution in [0.5, 0.6) is 0 Å². The third-order valence-corrected chi connectivity index (χ3v) is 4.95. The zero-order valence-electron chi connectivity index (χ0n) is 12.3. The van der Waals surface area contributed by atoms with Gasteiger partial charge in [-0.05, 0) is 43.4 Å². The molecule has 0 saturated heterocycles. The van der Waals surface area contributed by atoms with Crippen molar-refractivity contribution < 1.29 is 4.79 Å². The maximum atomic E-state index is 13.0. The predicted octanol–water partition coefficient (Wildman–Crippen LogP) is 3.52. The average Bonchev–Trinajstić information content (AvgIpc) is 2.46. The molecule has 108 valence electrons. The van der Waals surface area contributed by atoms with Gasteiger partial charge in [0.15, 0.2) is 0 Å². The summed E-state index contributed by atoms with van der Waals surface area (Å²) < 4.78 is 0. The molecule has 0 atom stereocenters. The first-order chi connectivity index (χ1) is 9.60. The maximum Gasteiger partial charge on any atom is 0.232 e. The van der Waals surface area contributed by atoms with Crippen molar-refractivity contribution in [2.45, 2.75) is 51.9 Å². The van der Waals surface area contributed by atoms with E-state index in [1.165, 1.54) is 24.8 Å². The van der Waals surface area contributed by atoms with Gasteiger partial charge >= 0.3 is 0 Å². The van der Waals surface area contributed by atoms with Crippen LogP contribution >= 0.6 is 0 Å². The number of nitrogen functional groups attached to an aromatic ring is 1. The van der Waals surface area contributed by atoms with Crippen molar-refractivity contribution in [1.29, 1.82) is 0 Å². The van der Waals surface area contributed by atoms with E-state index in [4.69, 9.17) is 5.73 Å². The number of benzene rings is 1. The largest absolute Gasteiger partial charge is 0.399 e. The highest BCUT2D eigenvalue weighted by atomic mass is 16.2. The van der Waals surface area contributed by atoms with Crippen LogP contribution in [-0.4, -0.2) is 12.5 Å². The molecule has 3 nitrogen and oxygen atoms in total. The van der Waals surface area contributed by atoms with Crippen molar-refractivity contribution in [3.63, 3.8) is 0 Å². The number of hydrogen-bond donors (Lipinski definition) is 1. The van der Waals surface area contributed by atoms with E-state index in [9.17, 15) is 4.79 Å². The number of carbonyl (C=O) groups excluding carboxylic acids is 1. The first-order valence-electron chi connectivity index (χ1n) is 7.80. The quantitative estimate of drug-likeness (QED) is 0.795. The molecular formula is C17H24N2O. The van der Waals surface area contributed by atoms with Gasteiger partial charge in [-0.15, -0.1) is 0 Å². The SMILES string of the molecule is CC1(C(=O)N2CCCc3ccc(N)cc32)CCCCC1. The van der Waals surface area contributed by atoms with Crippen LogP contribution in [0.2, 0.25) is 0 Å². The molecule has 2 N–H and O–H groups in total. The molecule has 1 saturated carbocycles. The smallest absolute Gasteiger partial charge is 0.232 e. The second-order valence-corrected chi connectivity index (χ2v) is 6.57. The van der Waals surface area contributed by atoms with Crippen molar-refractivity contribution in [3.8, 4) is 0 Å². The number of fused-ring (bicyclic) bond motifs is 1. The number of nitrogens with two attached hydrogens (primary N) is 1. The molecule has 1 heterocycles. The molecule has 1 aliphatic carbocycles. The minimum absolute atomic E-state index is 0.169. The van der Waals surface area contributed by atoms with Crippen LogP contribution in [0.1, 0.15) is 51.0 Å². The number of hydrogen-bond acceptors (Lipinski definition) is 2. The third-order valence-electron chi connectivity index (χ3n) is 4.95. The Morgan fingerprint density at radius 1 is 1.20 bits per heavy atom. The summed E-state index contributed by atoms with van der Waals surface area (Å²) in [4.78, 5) is 15.0. The fraction of sp³-hybridized carbons (Fsp3) is 0.588. The Kier molecular flexibility index (Phi) is 3.45. The zero-order valence-corrected chi connectivity index (χ0v) is 12.3. The minimum Gasteiger partial charge on any atom is -0.399 e. The molecule has 0 spiro atoms. The molecule has 2 aliphatic rings. The summed E-state index contributed by atoms with van der Waals surface area (Å²) in [5.41, 5.74) is 8.81. The second kappa shape index (κ2) is 5.12. The Labute approximate surface area is 121 Å². The molecule has 1 fully saturated rings. The lowest BCUT2D eigenvalue weighted by atomic mass is 9.74. The van der Waals surface area contributed by atoms with Crippen LogP contribution in [0.3, 0.4) is 0 Å². The molecule has 1 aromatic rings. The van der Waals surface area contributed by atoms with Gasteiger partial charge in [-0.2, -0.15) is 0 Å². The van der Waals surface area contributed by atoms with Gasteiger partial charge in [-0.25, -0.2) is 0 Å². The van der Waals surface area contributed by atoms with Crippen LogP contribution < -0.4 is 10.6 Å². The molecule has 20 heavy (non-hydrogen) atoms. The lowest BCUT2D eigenvalue weighted by Crippen LogP contribution is -2.45. The zero-order chi connectivity index (χ0) is 14.2. The van der Waals surface area contributed by atoms with Crippen LogP contribution in [0.4, 0.5) is 11.4 Å². The van der Waals surface area contributed by atoms with Crippen LogP contribution in [-0.2, 0) is 11.2 Å². The van der Waals surface area contributed by atoms with Crippen LogP contribution in [0, 0.1) is 5.41 Å². The Morgan fingerprint density at radius 2 is 1.95 bits per heavy atom. The molecule has 1 aliphatic heterocycles. The number of nitrogens with zero attached hydrogens (tertiary/aromatic N) is 1. The molecule has 0 aromatic heterocycles. The first kappa shape index (κ1) is 13.5. The summed E-state index contributed by atoms with van der Waals surface area (Å²) in [5.74, 6) is 0.309. The van der Waals surface area contributed by atoms with Gasteiger partial charge in [0.2, 0.25) is 5.91 Å². The standard InChI is InChI=1S/C17H24N2O/c1-17(9-3-2-4-10-17)16(20)19-11-5-6-13-7-8-14(18)12-15(13)19/h7-8,12H,2-6,9-11,18H2,1H3. The first-order valence-corrected chi connectivity index (χ1v) is 7.80. The monoisotopic (exact) mass is 272 g/mol. The van der Waals surface area contributed by atoms with Gasteiger partial charge in [0.1, 0.15) is 0 Å². The van der Waals surface area contributed by atoms with E-state index in [0.717, 1.165) is 43.6 Å². The highest BCUT2D eigenvalue weighted by Crippen LogP contribution is 2.40. The number of anilines is 2. The summed E-state index contributed by atoms with van der Waals surface area (Å²) in [6.07, 6.45) is 7.79. The van der Waals surface area contributed by atoms with E-state index >= 15 is 0 Å². The minimum atomic E-state index is -0.169. The Morgan fingerprint density at radius 3 is 2.70 bits per heavy atom. The highest BCUT2D eigenvalue weighted by Gasteiger charge is 2.39. The lowest BCUT2D eigenvalue weighted by molar-refractivity contribution is -0.129. The summed E-state index contributed by atoms with van der Waals surface area (Å²) >= 11 is 0. The molecule has 3 rings (SSSR count). The molecule has 0 bridgehead atoms. The van der Waals surface area contributed by atoms with Gasteiger partial charge in [0, 0.05) is 23.3 Å². The number of rotatable bonds is 1. The fourth-order valence-corrected chi connectivity index (χ4v) is 3.67. The van der Waals surface area contributed by atoms with Gasteiger partial charge in [0.05, 0.1) is 0 Å². The number of amides is 1. The molecule has 3 heteroatoms.